The molecule has 118 valence electrons. The summed E-state index contributed by atoms with van der Waals surface area (Å²) < 4.78 is 5.57. The molecular weight excluding hydrogens is 300 g/mol. The van der Waals surface area contributed by atoms with Crippen molar-refractivity contribution < 1.29 is 9.53 Å². The fourth-order valence-electron chi connectivity index (χ4n) is 1.95. The van der Waals surface area contributed by atoms with Gasteiger partial charge in [-0.15, -0.1) is 10.2 Å². The van der Waals surface area contributed by atoms with Gasteiger partial charge in [0.1, 0.15) is 16.8 Å². The third kappa shape index (κ3) is 4.17. The molecule has 1 aromatic heterocycles. The van der Waals surface area contributed by atoms with Crippen molar-refractivity contribution in [2.75, 3.05) is 17.2 Å². The number of benzene rings is 1. The Balaban J connectivity index is 2.06. The van der Waals surface area contributed by atoms with Crippen LogP contribution in [0.5, 0.6) is 5.75 Å². The van der Waals surface area contributed by atoms with Crippen molar-refractivity contribution in [1.82, 2.24) is 10.2 Å². The van der Waals surface area contributed by atoms with E-state index in [9.17, 15) is 4.79 Å². The molecule has 1 amide bonds. The molecular formula is C15H20N4O2S. The molecule has 0 spiro atoms. The first kappa shape index (κ1) is 16.2. The highest BCUT2D eigenvalue weighted by Crippen LogP contribution is 2.25. The number of hydrogen-bond acceptors (Lipinski definition) is 6. The number of para-hydroxylation sites is 2. The summed E-state index contributed by atoms with van der Waals surface area (Å²) in [5, 5.41) is 15.1. The molecule has 0 bridgehead atoms. The van der Waals surface area contributed by atoms with E-state index >= 15 is 0 Å². The van der Waals surface area contributed by atoms with Gasteiger partial charge in [-0.3, -0.25) is 10.1 Å². The van der Waals surface area contributed by atoms with Crippen molar-refractivity contribution in [3.63, 3.8) is 0 Å². The van der Waals surface area contributed by atoms with E-state index in [-0.39, 0.29) is 11.9 Å². The van der Waals surface area contributed by atoms with E-state index in [0.29, 0.717) is 18.2 Å². The number of aromatic nitrogens is 2. The van der Waals surface area contributed by atoms with E-state index < -0.39 is 0 Å². The topological polar surface area (TPSA) is 76.1 Å². The maximum Gasteiger partial charge on any atom is 0.248 e. The Bertz CT molecular complexity index is 630. The SMILES string of the molecule is CCOc1ccccc1N[C@H](CC)C(=O)Nc1nnc(C)s1. The van der Waals surface area contributed by atoms with E-state index in [0.717, 1.165) is 16.4 Å². The lowest BCUT2D eigenvalue weighted by Gasteiger charge is -2.19. The second kappa shape index (κ2) is 7.74. The van der Waals surface area contributed by atoms with E-state index in [1.807, 2.05) is 45.0 Å². The molecule has 0 saturated carbocycles. The number of anilines is 2. The van der Waals surface area contributed by atoms with Gasteiger partial charge in [-0.2, -0.15) is 0 Å². The quantitative estimate of drug-likeness (QED) is 0.820. The summed E-state index contributed by atoms with van der Waals surface area (Å²) in [5.41, 5.74) is 0.805. The van der Waals surface area contributed by atoms with Gasteiger partial charge < -0.3 is 10.1 Å². The highest BCUT2D eigenvalue weighted by atomic mass is 32.1. The molecule has 22 heavy (non-hydrogen) atoms. The molecule has 0 saturated heterocycles. The number of aryl methyl sites for hydroxylation is 1. The van der Waals surface area contributed by atoms with Crippen LogP contribution in [0.25, 0.3) is 0 Å². The summed E-state index contributed by atoms with van der Waals surface area (Å²) >= 11 is 1.35. The van der Waals surface area contributed by atoms with Crippen LogP contribution in [0.1, 0.15) is 25.3 Å². The second-order valence-electron chi connectivity index (χ2n) is 4.65. The largest absolute Gasteiger partial charge is 0.492 e. The molecule has 1 heterocycles. The third-order valence-corrected chi connectivity index (χ3v) is 3.75. The zero-order chi connectivity index (χ0) is 15.9. The number of amides is 1. The van der Waals surface area contributed by atoms with Crippen LogP contribution in [0.15, 0.2) is 24.3 Å². The van der Waals surface area contributed by atoms with Gasteiger partial charge in [-0.05, 0) is 32.4 Å². The number of nitrogens with zero attached hydrogens (tertiary/aromatic N) is 2. The van der Waals surface area contributed by atoms with Crippen molar-refractivity contribution >= 4 is 28.1 Å². The Morgan fingerprint density at radius 2 is 2.09 bits per heavy atom. The Morgan fingerprint density at radius 1 is 1.32 bits per heavy atom. The van der Waals surface area contributed by atoms with E-state index in [2.05, 4.69) is 20.8 Å². The molecule has 2 N–H and O–H groups in total. The van der Waals surface area contributed by atoms with Crippen molar-refractivity contribution in [2.45, 2.75) is 33.2 Å². The summed E-state index contributed by atoms with van der Waals surface area (Å²) in [6, 6.07) is 7.22. The molecule has 1 aromatic carbocycles. The minimum absolute atomic E-state index is 0.134. The maximum atomic E-state index is 12.4. The van der Waals surface area contributed by atoms with Gasteiger partial charge in [0.15, 0.2) is 0 Å². The molecule has 2 aromatic rings. The normalized spacial score (nSPS) is 11.8. The number of ether oxygens (including phenoxy) is 1. The molecule has 2 rings (SSSR count). The van der Waals surface area contributed by atoms with Crippen LogP contribution < -0.4 is 15.4 Å². The van der Waals surface area contributed by atoms with Gasteiger partial charge >= 0.3 is 0 Å². The summed E-state index contributed by atoms with van der Waals surface area (Å²) in [4.78, 5) is 12.4. The van der Waals surface area contributed by atoms with Crippen LogP contribution >= 0.6 is 11.3 Å². The van der Waals surface area contributed by atoms with Gasteiger partial charge in [0, 0.05) is 0 Å². The van der Waals surface area contributed by atoms with E-state index in [1.165, 1.54) is 11.3 Å². The number of hydrogen-bond donors (Lipinski definition) is 2. The highest BCUT2D eigenvalue weighted by molar-refractivity contribution is 7.15. The lowest BCUT2D eigenvalue weighted by Crippen LogP contribution is -2.34. The summed E-state index contributed by atoms with van der Waals surface area (Å²) in [7, 11) is 0. The standard InChI is InChI=1S/C15H20N4O2S/c1-4-11(14(20)17-15-19-18-10(3)22-15)16-12-8-6-7-9-13(12)21-5-2/h6-9,11,16H,4-5H2,1-3H3,(H,17,19,20)/t11-/m1/s1. The van der Waals surface area contributed by atoms with Gasteiger partial charge in [-0.1, -0.05) is 30.4 Å². The third-order valence-electron chi connectivity index (χ3n) is 3.00. The molecule has 0 aliphatic rings. The Kier molecular flexibility index (Phi) is 5.71. The Labute approximate surface area is 133 Å². The average Bonchev–Trinajstić information content (AvgIpc) is 2.91. The summed E-state index contributed by atoms with van der Waals surface area (Å²) in [6.07, 6.45) is 0.643. The summed E-state index contributed by atoms with van der Waals surface area (Å²) in [5.74, 6) is 0.605. The van der Waals surface area contributed by atoms with E-state index in [1.54, 1.807) is 0 Å². The molecule has 6 nitrogen and oxygen atoms in total. The number of nitrogens with one attached hydrogen (secondary N) is 2. The predicted octanol–water partition coefficient (Wildman–Crippen LogP) is 3.07. The Morgan fingerprint density at radius 3 is 2.73 bits per heavy atom. The molecule has 0 aliphatic carbocycles. The predicted molar refractivity (Wildman–Crippen MR) is 88.6 cm³/mol. The van der Waals surface area contributed by atoms with Gasteiger partial charge in [0.25, 0.3) is 0 Å². The summed E-state index contributed by atoms with van der Waals surface area (Å²) in [6.45, 7) is 6.30. The first-order chi connectivity index (χ1) is 10.6. The lowest BCUT2D eigenvalue weighted by molar-refractivity contribution is -0.117. The highest BCUT2D eigenvalue weighted by Gasteiger charge is 2.19. The van der Waals surface area contributed by atoms with Gasteiger partial charge in [-0.25, -0.2) is 0 Å². The van der Waals surface area contributed by atoms with Crippen LogP contribution in [0.2, 0.25) is 0 Å². The number of carbonyl (C=O) groups excluding carboxylic acids is 1. The molecule has 0 radical (unpaired) electrons. The lowest BCUT2D eigenvalue weighted by atomic mass is 10.2. The van der Waals surface area contributed by atoms with Crippen molar-refractivity contribution in [2.24, 2.45) is 0 Å². The fourth-order valence-corrected chi connectivity index (χ4v) is 2.54. The van der Waals surface area contributed by atoms with E-state index in [4.69, 9.17) is 4.74 Å². The molecule has 0 aliphatic heterocycles. The minimum atomic E-state index is -0.370. The van der Waals surface area contributed by atoms with Crippen molar-refractivity contribution in [3.8, 4) is 5.75 Å². The first-order valence-electron chi connectivity index (χ1n) is 7.23. The number of carbonyl (C=O) groups is 1. The smallest absolute Gasteiger partial charge is 0.248 e. The van der Waals surface area contributed by atoms with Crippen LogP contribution in [0.4, 0.5) is 10.8 Å². The van der Waals surface area contributed by atoms with Gasteiger partial charge in [0.05, 0.1) is 12.3 Å². The monoisotopic (exact) mass is 320 g/mol. The maximum absolute atomic E-state index is 12.4. The van der Waals surface area contributed by atoms with Crippen molar-refractivity contribution in [1.29, 1.82) is 0 Å². The molecule has 7 heteroatoms. The second-order valence-corrected chi connectivity index (χ2v) is 5.83. The zero-order valence-electron chi connectivity index (χ0n) is 12.9. The Hall–Kier alpha value is -2.15. The van der Waals surface area contributed by atoms with Crippen LogP contribution in [-0.4, -0.2) is 28.8 Å². The van der Waals surface area contributed by atoms with Crippen LogP contribution in [0, 0.1) is 6.92 Å². The molecule has 0 unspecified atom stereocenters. The minimum Gasteiger partial charge on any atom is -0.492 e. The fraction of sp³-hybridized carbons (Fsp3) is 0.400. The van der Waals surface area contributed by atoms with Crippen LogP contribution in [0.3, 0.4) is 0 Å². The van der Waals surface area contributed by atoms with Gasteiger partial charge in [0.2, 0.25) is 11.0 Å². The molecule has 1 atom stereocenters. The molecule has 0 fully saturated rings. The zero-order valence-corrected chi connectivity index (χ0v) is 13.7. The number of rotatable bonds is 7. The van der Waals surface area contributed by atoms with Crippen LogP contribution in [-0.2, 0) is 4.79 Å². The first-order valence-corrected chi connectivity index (χ1v) is 8.05. The average molecular weight is 320 g/mol. The van der Waals surface area contributed by atoms with Crippen molar-refractivity contribution in [3.05, 3.63) is 29.3 Å².